The van der Waals surface area contributed by atoms with Crippen LogP contribution in [0, 0.1) is 0 Å². The van der Waals surface area contributed by atoms with Gasteiger partial charge in [0.2, 0.25) is 0 Å². The number of nitrogens with zero attached hydrogens (tertiary/aromatic N) is 3. The number of carbonyl (C=O) groups excluding carboxylic acids is 1. The molecule has 0 aliphatic carbocycles. The van der Waals surface area contributed by atoms with Crippen molar-refractivity contribution in [1.29, 1.82) is 0 Å². The minimum atomic E-state index is -0.352. The summed E-state index contributed by atoms with van der Waals surface area (Å²) in [5.74, 6) is -0.352. The van der Waals surface area contributed by atoms with Crippen LogP contribution in [-0.4, -0.2) is 30.2 Å². The van der Waals surface area contributed by atoms with Crippen molar-refractivity contribution in [3.63, 3.8) is 0 Å². The van der Waals surface area contributed by atoms with E-state index in [9.17, 15) is 4.79 Å². The molecule has 0 unspecified atom stereocenters. The van der Waals surface area contributed by atoms with Crippen molar-refractivity contribution in [3.8, 4) is 0 Å². The van der Waals surface area contributed by atoms with E-state index in [1.807, 2.05) is 5.01 Å². The Morgan fingerprint density at radius 1 is 1.11 bits per heavy atom. The maximum atomic E-state index is 11.3. The summed E-state index contributed by atoms with van der Waals surface area (Å²) >= 11 is 0. The number of methoxy groups -OCH3 is 1. The first kappa shape index (κ1) is 15.1. The summed E-state index contributed by atoms with van der Waals surface area (Å²) in [6, 6.07) is 7.42. The lowest BCUT2D eigenvalue weighted by Gasteiger charge is -2.25. The van der Waals surface area contributed by atoms with Crippen LogP contribution in [0.2, 0.25) is 0 Å². The van der Waals surface area contributed by atoms with E-state index in [0.29, 0.717) is 11.3 Å². The van der Waals surface area contributed by atoms with Gasteiger partial charge >= 0.3 is 5.97 Å². The zero-order valence-corrected chi connectivity index (χ0v) is 12.1. The number of benzene rings is 1. The molecule has 0 aliphatic rings. The highest BCUT2D eigenvalue weighted by molar-refractivity contribution is 5.89. The van der Waals surface area contributed by atoms with Crippen molar-refractivity contribution in [2.24, 2.45) is 10.3 Å². The standard InChI is InChI=1S/C14H21N3O2/c1-10(2)17(11(3)4)16-15-13-8-6-12(7-9-13)14(18)19-5/h6-11H,1-5H3. The van der Waals surface area contributed by atoms with Crippen molar-refractivity contribution in [1.82, 2.24) is 5.01 Å². The van der Waals surface area contributed by atoms with Gasteiger partial charge in [-0.1, -0.05) is 5.22 Å². The van der Waals surface area contributed by atoms with Crippen molar-refractivity contribution < 1.29 is 9.53 Å². The summed E-state index contributed by atoms with van der Waals surface area (Å²) in [4.78, 5) is 11.3. The molecule has 1 aromatic rings. The van der Waals surface area contributed by atoms with Crippen LogP contribution in [-0.2, 0) is 4.74 Å². The first-order chi connectivity index (χ1) is 8.95. The maximum absolute atomic E-state index is 11.3. The smallest absolute Gasteiger partial charge is 0.337 e. The minimum absolute atomic E-state index is 0.290. The molecule has 0 bridgehead atoms. The fourth-order valence-corrected chi connectivity index (χ4v) is 1.69. The van der Waals surface area contributed by atoms with Crippen molar-refractivity contribution >= 4 is 11.7 Å². The monoisotopic (exact) mass is 263 g/mol. The molecule has 5 heteroatoms. The normalized spacial score (nSPS) is 11.3. The van der Waals surface area contributed by atoms with Gasteiger partial charge in [-0.05, 0) is 52.0 Å². The third kappa shape index (κ3) is 4.35. The summed E-state index contributed by atoms with van der Waals surface area (Å²) in [7, 11) is 1.36. The number of hydrogen-bond donors (Lipinski definition) is 0. The first-order valence-corrected chi connectivity index (χ1v) is 6.34. The average Bonchev–Trinajstić information content (AvgIpc) is 2.38. The number of esters is 1. The highest BCUT2D eigenvalue weighted by atomic mass is 16.5. The van der Waals surface area contributed by atoms with Gasteiger partial charge in [-0.3, -0.25) is 5.01 Å². The molecule has 0 saturated carbocycles. The largest absolute Gasteiger partial charge is 0.465 e. The second-order valence-electron chi connectivity index (χ2n) is 4.80. The second kappa shape index (κ2) is 6.87. The number of hydrogen-bond acceptors (Lipinski definition) is 4. The van der Waals surface area contributed by atoms with Crippen molar-refractivity contribution in [2.75, 3.05) is 7.11 Å². The Kier molecular flexibility index (Phi) is 5.48. The van der Waals surface area contributed by atoms with Gasteiger partial charge in [0.25, 0.3) is 0 Å². The summed E-state index contributed by atoms with van der Waals surface area (Å²) in [6.45, 7) is 8.28. The number of carbonyl (C=O) groups is 1. The molecule has 5 nitrogen and oxygen atoms in total. The SMILES string of the molecule is COC(=O)c1ccc(N=NN(C(C)C)C(C)C)cc1. The molecule has 1 aromatic carbocycles. The van der Waals surface area contributed by atoms with E-state index in [1.54, 1.807) is 24.3 Å². The fraction of sp³-hybridized carbons (Fsp3) is 0.500. The Hall–Kier alpha value is -1.91. The third-order valence-corrected chi connectivity index (χ3v) is 2.61. The molecule has 0 N–H and O–H groups in total. The van der Waals surface area contributed by atoms with Gasteiger partial charge in [0, 0.05) is 12.1 Å². The second-order valence-corrected chi connectivity index (χ2v) is 4.80. The van der Waals surface area contributed by atoms with Crippen LogP contribution >= 0.6 is 0 Å². The fourth-order valence-electron chi connectivity index (χ4n) is 1.69. The van der Waals surface area contributed by atoms with Gasteiger partial charge in [-0.15, -0.1) is 5.11 Å². The number of rotatable bonds is 5. The molecule has 0 fully saturated rings. The van der Waals surface area contributed by atoms with Gasteiger partial charge < -0.3 is 4.74 Å². The summed E-state index contributed by atoms with van der Waals surface area (Å²) in [5.41, 5.74) is 1.21. The van der Waals surface area contributed by atoms with E-state index in [2.05, 4.69) is 42.8 Å². The highest BCUT2D eigenvalue weighted by Crippen LogP contribution is 2.16. The van der Waals surface area contributed by atoms with E-state index >= 15 is 0 Å². The summed E-state index contributed by atoms with van der Waals surface area (Å²) < 4.78 is 4.64. The van der Waals surface area contributed by atoms with Gasteiger partial charge in [0.15, 0.2) is 0 Å². The Morgan fingerprint density at radius 2 is 1.63 bits per heavy atom. The van der Waals surface area contributed by atoms with Crippen LogP contribution in [0.4, 0.5) is 5.69 Å². The van der Waals surface area contributed by atoms with Gasteiger partial charge in [-0.25, -0.2) is 4.79 Å². The molecule has 0 saturated heterocycles. The molecule has 0 aromatic heterocycles. The van der Waals surface area contributed by atoms with Crippen LogP contribution in [0.5, 0.6) is 0 Å². The van der Waals surface area contributed by atoms with E-state index < -0.39 is 0 Å². The van der Waals surface area contributed by atoms with Crippen LogP contribution in [0.15, 0.2) is 34.6 Å². The Labute approximate surface area is 114 Å². The molecule has 0 heterocycles. The molecular formula is C14H21N3O2. The zero-order valence-electron chi connectivity index (χ0n) is 12.1. The van der Waals surface area contributed by atoms with Crippen LogP contribution in [0.1, 0.15) is 38.1 Å². The summed E-state index contributed by atoms with van der Waals surface area (Å²) in [6.07, 6.45) is 0. The van der Waals surface area contributed by atoms with Crippen LogP contribution in [0.3, 0.4) is 0 Å². The van der Waals surface area contributed by atoms with Gasteiger partial charge in [0.05, 0.1) is 18.4 Å². The van der Waals surface area contributed by atoms with Crippen molar-refractivity contribution in [2.45, 2.75) is 39.8 Å². The van der Waals surface area contributed by atoms with E-state index in [1.165, 1.54) is 7.11 Å². The van der Waals surface area contributed by atoms with Gasteiger partial charge in [-0.2, -0.15) is 0 Å². The quantitative estimate of drug-likeness (QED) is 0.463. The van der Waals surface area contributed by atoms with E-state index in [-0.39, 0.29) is 18.1 Å². The lowest BCUT2D eigenvalue weighted by molar-refractivity contribution is 0.0601. The van der Waals surface area contributed by atoms with Gasteiger partial charge in [0.1, 0.15) is 0 Å². The highest BCUT2D eigenvalue weighted by Gasteiger charge is 2.10. The van der Waals surface area contributed by atoms with Crippen LogP contribution in [0.25, 0.3) is 0 Å². The predicted octanol–water partition coefficient (Wildman–Crippen LogP) is 3.59. The Morgan fingerprint density at radius 3 is 2.05 bits per heavy atom. The molecule has 19 heavy (non-hydrogen) atoms. The average molecular weight is 263 g/mol. The number of ether oxygens (including phenoxy) is 1. The molecule has 0 aliphatic heterocycles. The lowest BCUT2D eigenvalue weighted by Crippen LogP contribution is -2.31. The Balaban J connectivity index is 2.79. The van der Waals surface area contributed by atoms with E-state index in [4.69, 9.17) is 0 Å². The topological polar surface area (TPSA) is 54.3 Å². The van der Waals surface area contributed by atoms with Crippen LogP contribution < -0.4 is 0 Å². The van der Waals surface area contributed by atoms with E-state index in [0.717, 1.165) is 0 Å². The third-order valence-electron chi connectivity index (χ3n) is 2.61. The summed E-state index contributed by atoms with van der Waals surface area (Å²) in [5, 5.41) is 10.3. The molecule has 0 amide bonds. The minimum Gasteiger partial charge on any atom is -0.465 e. The molecular weight excluding hydrogens is 242 g/mol. The maximum Gasteiger partial charge on any atom is 0.337 e. The molecule has 0 radical (unpaired) electrons. The van der Waals surface area contributed by atoms with Crippen molar-refractivity contribution in [3.05, 3.63) is 29.8 Å². The predicted molar refractivity (Wildman–Crippen MR) is 74.4 cm³/mol. The molecule has 104 valence electrons. The first-order valence-electron chi connectivity index (χ1n) is 6.34. The molecule has 0 spiro atoms. The Bertz CT molecular complexity index is 431. The lowest BCUT2D eigenvalue weighted by atomic mass is 10.2. The molecule has 1 rings (SSSR count). The zero-order chi connectivity index (χ0) is 14.4. The molecule has 0 atom stereocenters.